The molecule has 0 spiro atoms. The molecule has 1 atom stereocenters. The van der Waals surface area contributed by atoms with Gasteiger partial charge >= 0.3 is 0 Å². The van der Waals surface area contributed by atoms with Crippen LogP contribution in [0.3, 0.4) is 0 Å². The van der Waals surface area contributed by atoms with E-state index >= 15 is 0 Å². The van der Waals surface area contributed by atoms with Gasteiger partial charge in [0.1, 0.15) is 6.04 Å². The summed E-state index contributed by atoms with van der Waals surface area (Å²) in [5.74, 6) is 0.673. The van der Waals surface area contributed by atoms with Gasteiger partial charge in [-0.3, -0.25) is 9.69 Å². The van der Waals surface area contributed by atoms with Crippen LogP contribution in [0.15, 0.2) is 18.2 Å². The van der Waals surface area contributed by atoms with Crippen LogP contribution < -0.4 is 10.1 Å². The van der Waals surface area contributed by atoms with Crippen molar-refractivity contribution in [2.45, 2.75) is 18.9 Å². The van der Waals surface area contributed by atoms with Crippen LogP contribution in [0.4, 0.5) is 0 Å². The molecule has 1 aromatic rings. The first-order valence-corrected chi connectivity index (χ1v) is 8.31. The first-order valence-electron chi connectivity index (χ1n) is 8.31. The van der Waals surface area contributed by atoms with Crippen LogP contribution in [0.25, 0.3) is 0 Å². The van der Waals surface area contributed by atoms with Gasteiger partial charge < -0.3 is 20.1 Å². The number of piperazine rings is 1. The van der Waals surface area contributed by atoms with Gasteiger partial charge in [0.2, 0.25) is 5.91 Å². The standard InChI is InChI=1S/C17H25N3O3/c1-23-15-12-13(4-5-14(15)21)16(19-8-2-3-9-19)17(22)20-10-6-18-7-11-20/h4-5,12,16,18,21H,2-3,6-11H2,1H3. The van der Waals surface area contributed by atoms with Crippen LogP contribution in [0.1, 0.15) is 24.4 Å². The molecule has 23 heavy (non-hydrogen) atoms. The van der Waals surface area contributed by atoms with Crippen molar-refractivity contribution in [1.82, 2.24) is 15.1 Å². The van der Waals surface area contributed by atoms with Crippen molar-refractivity contribution in [3.8, 4) is 11.5 Å². The van der Waals surface area contributed by atoms with E-state index in [0.29, 0.717) is 5.75 Å². The lowest BCUT2D eigenvalue weighted by molar-refractivity contribution is -0.137. The number of likely N-dealkylation sites (tertiary alicyclic amines) is 1. The smallest absolute Gasteiger partial charge is 0.244 e. The molecule has 3 rings (SSSR count). The van der Waals surface area contributed by atoms with Crippen molar-refractivity contribution in [2.75, 3.05) is 46.4 Å². The summed E-state index contributed by atoms with van der Waals surface area (Å²) in [6.07, 6.45) is 2.25. The first kappa shape index (κ1) is 16.1. The number of hydrogen-bond acceptors (Lipinski definition) is 5. The topological polar surface area (TPSA) is 65.0 Å². The molecule has 0 bridgehead atoms. The quantitative estimate of drug-likeness (QED) is 0.866. The summed E-state index contributed by atoms with van der Waals surface area (Å²) in [5.41, 5.74) is 0.894. The number of carbonyl (C=O) groups is 1. The van der Waals surface area contributed by atoms with Gasteiger partial charge in [-0.1, -0.05) is 6.07 Å². The highest BCUT2D eigenvalue weighted by atomic mass is 16.5. The summed E-state index contributed by atoms with van der Waals surface area (Å²) in [7, 11) is 1.53. The maximum absolute atomic E-state index is 13.1. The summed E-state index contributed by atoms with van der Waals surface area (Å²) in [6, 6.07) is 4.95. The number of ether oxygens (including phenoxy) is 1. The molecule has 1 unspecified atom stereocenters. The third-order valence-electron chi connectivity index (χ3n) is 4.69. The molecule has 1 aromatic carbocycles. The summed E-state index contributed by atoms with van der Waals surface area (Å²) >= 11 is 0. The Hall–Kier alpha value is -1.79. The molecule has 0 radical (unpaired) electrons. The van der Waals surface area contributed by atoms with E-state index in [4.69, 9.17) is 4.74 Å². The van der Waals surface area contributed by atoms with Gasteiger partial charge in [-0.25, -0.2) is 0 Å². The summed E-state index contributed by atoms with van der Waals surface area (Å²) in [6.45, 7) is 5.06. The number of hydrogen-bond donors (Lipinski definition) is 2. The molecule has 2 saturated heterocycles. The van der Waals surface area contributed by atoms with Gasteiger partial charge in [0.25, 0.3) is 0 Å². The minimum atomic E-state index is -0.287. The number of methoxy groups -OCH3 is 1. The van der Waals surface area contributed by atoms with Crippen molar-refractivity contribution < 1.29 is 14.6 Å². The van der Waals surface area contributed by atoms with E-state index in [1.165, 1.54) is 7.11 Å². The van der Waals surface area contributed by atoms with E-state index < -0.39 is 0 Å². The predicted octanol–water partition coefficient (Wildman–Crippen LogP) is 0.969. The molecule has 6 heteroatoms. The van der Waals surface area contributed by atoms with Crippen LogP contribution in [0.2, 0.25) is 0 Å². The zero-order valence-corrected chi connectivity index (χ0v) is 13.6. The zero-order valence-electron chi connectivity index (χ0n) is 13.6. The number of nitrogens with one attached hydrogen (secondary N) is 1. The number of carbonyl (C=O) groups excluding carboxylic acids is 1. The Morgan fingerprint density at radius 2 is 1.91 bits per heavy atom. The average molecular weight is 319 g/mol. The van der Waals surface area contributed by atoms with Gasteiger partial charge in [-0.15, -0.1) is 0 Å². The maximum Gasteiger partial charge on any atom is 0.244 e. The molecule has 0 saturated carbocycles. The van der Waals surface area contributed by atoms with Gasteiger partial charge in [0.05, 0.1) is 7.11 Å². The van der Waals surface area contributed by atoms with Crippen molar-refractivity contribution in [3.63, 3.8) is 0 Å². The van der Waals surface area contributed by atoms with Crippen LogP contribution in [0.5, 0.6) is 11.5 Å². The molecule has 126 valence electrons. The average Bonchev–Trinajstić information content (AvgIpc) is 3.11. The Kier molecular flexibility index (Phi) is 5.03. The van der Waals surface area contributed by atoms with E-state index in [0.717, 1.165) is 57.7 Å². The van der Waals surface area contributed by atoms with Gasteiger partial charge in [-0.05, 0) is 43.6 Å². The largest absolute Gasteiger partial charge is 0.504 e. The Bertz CT molecular complexity index is 552. The van der Waals surface area contributed by atoms with Gasteiger partial charge in [0.15, 0.2) is 11.5 Å². The van der Waals surface area contributed by atoms with Crippen LogP contribution >= 0.6 is 0 Å². The normalized spacial score (nSPS) is 20.5. The van der Waals surface area contributed by atoms with E-state index in [1.54, 1.807) is 12.1 Å². The lowest BCUT2D eigenvalue weighted by Gasteiger charge is -2.35. The van der Waals surface area contributed by atoms with Crippen LogP contribution in [0, 0.1) is 0 Å². The molecule has 0 aliphatic carbocycles. The highest BCUT2D eigenvalue weighted by molar-refractivity contribution is 5.83. The van der Waals surface area contributed by atoms with Crippen LogP contribution in [-0.4, -0.2) is 67.2 Å². The molecular formula is C17H25N3O3. The van der Waals surface area contributed by atoms with E-state index in [1.807, 2.05) is 11.0 Å². The number of amides is 1. The lowest BCUT2D eigenvalue weighted by atomic mass is 10.0. The molecule has 2 aliphatic rings. The fourth-order valence-electron chi connectivity index (χ4n) is 3.43. The van der Waals surface area contributed by atoms with Crippen molar-refractivity contribution >= 4 is 5.91 Å². The Labute approximate surface area is 137 Å². The summed E-state index contributed by atoms with van der Waals surface area (Å²) < 4.78 is 5.22. The second-order valence-electron chi connectivity index (χ2n) is 6.15. The maximum atomic E-state index is 13.1. The minimum Gasteiger partial charge on any atom is -0.504 e. The van der Waals surface area contributed by atoms with Crippen molar-refractivity contribution in [2.24, 2.45) is 0 Å². The Morgan fingerprint density at radius 3 is 2.57 bits per heavy atom. The molecule has 0 aromatic heterocycles. The zero-order chi connectivity index (χ0) is 16.2. The number of benzene rings is 1. The summed E-state index contributed by atoms with van der Waals surface area (Å²) in [4.78, 5) is 17.3. The highest BCUT2D eigenvalue weighted by Gasteiger charge is 2.33. The number of rotatable bonds is 4. The van der Waals surface area contributed by atoms with Gasteiger partial charge in [-0.2, -0.15) is 0 Å². The number of phenolic OH excluding ortho intramolecular Hbond substituents is 1. The van der Waals surface area contributed by atoms with E-state index in [2.05, 4.69) is 10.2 Å². The Morgan fingerprint density at radius 1 is 1.22 bits per heavy atom. The number of phenols is 1. The number of aromatic hydroxyl groups is 1. The lowest BCUT2D eigenvalue weighted by Crippen LogP contribution is -2.50. The summed E-state index contributed by atoms with van der Waals surface area (Å²) in [5, 5.41) is 13.1. The second kappa shape index (κ2) is 7.19. The third-order valence-corrected chi connectivity index (χ3v) is 4.69. The predicted molar refractivity (Wildman–Crippen MR) is 87.7 cm³/mol. The van der Waals surface area contributed by atoms with Crippen LogP contribution in [-0.2, 0) is 4.79 Å². The molecular weight excluding hydrogens is 294 g/mol. The molecule has 2 N–H and O–H groups in total. The van der Waals surface area contributed by atoms with E-state index in [9.17, 15) is 9.90 Å². The molecule has 2 heterocycles. The highest BCUT2D eigenvalue weighted by Crippen LogP contribution is 2.33. The second-order valence-corrected chi connectivity index (χ2v) is 6.15. The molecule has 1 amide bonds. The monoisotopic (exact) mass is 319 g/mol. The van der Waals surface area contributed by atoms with Gasteiger partial charge in [0, 0.05) is 26.2 Å². The van der Waals surface area contributed by atoms with Crippen molar-refractivity contribution in [3.05, 3.63) is 23.8 Å². The fraction of sp³-hybridized carbons (Fsp3) is 0.588. The van der Waals surface area contributed by atoms with Crippen molar-refractivity contribution in [1.29, 1.82) is 0 Å². The fourth-order valence-corrected chi connectivity index (χ4v) is 3.43. The minimum absolute atomic E-state index is 0.103. The number of nitrogens with zero attached hydrogens (tertiary/aromatic N) is 2. The molecule has 6 nitrogen and oxygen atoms in total. The SMILES string of the molecule is COc1cc(C(C(=O)N2CCNCC2)N2CCCC2)ccc1O. The third kappa shape index (κ3) is 3.43. The Balaban J connectivity index is 1.90. The first-order chi connectivity index (χ1) is 11.2. The molecule has 2 aliphatic heterocycles. The molecule has 2 fully saturated rings. The van der Waals surface area contributed by atoms with E-state index in [-0.39, 0.29) is 17.7 Å².